The van der Waals surface area contributed by atoms with Crippen molar-refractivity contribution in [3.05, 3.63) is 78.5 Å². The van der Waals surface area contributed by atoms with Crippen molar-refractivity contribution in [2.45, 2.75) is 19.1 Å². The predicted molar refractivity (Wildman–Crippen MR) is 103 cm³/mol. The van der Waals surface area contributed by atoms with Crippen molar-refractivity contribution in [2.24, 2.45) is 5.92 Å². The Morgan fingerprint density at radius 1 is 0.792 bits per heavy atom. The van der Waals surface area contributed by atoms with Crippen LogP contribution in [0.25, 0.3) is 22.4 Å². The Kier molecular flexibility index (Phi) is 4.62. The second-order valence-corrected chi connectivity index (χ2v) is 6.47. The fourth-order valence-electron chi connectivity index (χ4n) is 2.65. The molecule has 0 saturated heterocycles. The van der Waals surface area contributed by atoms with Crippen molar-refractivity contribution in [3.63, 3.8) is 0 Å². The van der Waals surface area contributed by atoms with Gasteiger partial charge in [0.1, 0.15) is 0 Å². The van der Waals surface area contributed by atoms with Crippen molar-refractivity contribution in [1.82, 2.24) is 4.98 Å². The SMILES string of the molecule is [B]C([B])(c1cccc(-c2ccc(-c3ccccc3)nc2)c1)C(C)C. The molecule has 0 unspecified atom stereocenters. The largest absolute Gasteiger partial charge is 0.256 e. The van der Waals surface area contributed by atoms with Crippen LogP contribution in [0.2, 0.25) is 0 Å². The molecule has 1 nitrogen and oxygen atoms in total. The van der Waals surface area contributed by atoms with Gasteiger partial charge in [0.05, 0.1) is 21.4 Å². The standard InChI is InChI=1S/C21H19B2N/c1-15(2)21(22,23)19-10-6-9-17(13-19)18-11-12-20(24-14-18)16-7-4-3-5-8-16/h3-15H,1-2H3. The Morgan fingerprint density at radius 3 is 2.12 bits per heavy atom. The summed E-state index contributed by atoms with van der Waals surface area (Å²) < 4.78 is 0. The molecule has 0 N–H and O–H groups in total. The molecule has 0 amide bonds. The highest BCUT2D eigenvalue weighted by molar-refractivity contribution is 6.40. The molecule has 0 bridgehead atoms. The number of rotatable bonds is 4. The van der Waals surface area contributed by atoms with E-state index < -0.39 is 5.21 Å². The molecule has 3 aromatic rings. The monoisotopic (exact) mass is 307 g/mol. The number of benzene rings is 2. The van der Waals surface area contributed by atoms with Crippen LogP contribution < -0.4 is 0 Å². The molecule has 0 aliphatic carbocycles. The maximum absolute atomic E-state index is 6.29. The third-order valence-corrected chi connectivity index (χ3v) is 4.48. The van der Waals surface area contributed by atoms with E-state index in [0.29, 0.717) is 0 Å². The minimum Gasteiger partial charge on any atom is -0.256 e. The van der Waals surface area contributed by atoms with E-state index in [1.165, 1.54) is 0 Å². The molecule has 4 radical (unpaired) electrons. The summed E-state index contributed by atoms with van der Waals surface area (Å²) in [5, 5.41) is -0.840. The molecule has 0 aliphatic rings. The number of aromatic nitrogens is 1. The van der Waals surface area contributed by atoms with Crippen molar-refractivity contribution >= 4 is 15.7 Å². The van der Waals surface area contributed by atoms with Crippen LogP contribution in [0.3, 0.4) is 0 Å². The van der Waals surface area contributed by atoms with Gasteiger partial charge >= 0.3 is 0 Å². The summed E-state index contributed by atoms with van der Waals surface area (Å²) in [4.78, 5) is 4.59. The van der Waals surface area contributed by atoms with E-state index in [9.17, 15) is 0 Å². The van der Waals surface area contributed by atoms with Gasteiger partial charge in [-0.15, -0.1) is 0 Å². The Morgan fingerprint density at radius 2 is 1.50 bits per heavy atom. The van der Waals surface area contributed by atoms with Gasteiger partial charge in [0.2, 0.25) is 0 Å². The average Bonchev–Trinajstić information content (AvgIpc) is 2.62. The third kappa shape index (κ3) is 3.31. The van der Waals surface area contributed by atoms with Crippen LogP contribution in [0, 0.1) is 5.92 Å². The third-order valence-electron chi connectivity index (χ3n) is 4.48. The predicted octanol–water partition coefficient (Wildman–Crippen LogP) is 4.56. The molecule has 3 heteroatoms. The van der Waals surface area contributed by atoms with Crippen LogP contribution in [-0.4, -0.2) is 20.7 Å². The molecular weight excluding hydrogens is 288 g/mol. The lowest BCUT2D eigenvalue weighted by atomic mass is 9.46. The molecule has 1 aromatic heterocycles. The lowest BCUT2D eigenvalue weighted by molar-refractivity contribution is 0.570. The first-order valence-corrected chi connectivity index (χ1v) is 8.18. The van der Waals surface area contributed by atoms with Gasteiger partial charge in [-0.05, 0) is 11.6 Å². The average molecular weight is 307 g/mol. The Labute approximate surface area is 147 Å². The fourth-order valence-corrected chi connectivity index (χ4v) is 2.65. The molecular formula is C21H19B2N. The zero-order chi connectivity index (χ0) is 17.2. The first-order valence-electron chi connectivity index (χ1n) is 8.18. The highest BCUT2D eigenvalue weighted by atomic mass is 14.7. The van der Waals surface area contributed by atoms with Gasteiger partial charge < -0.3 is 0 Å². The first kappa shape index (κ1) is 16.6. The normalized spacial score (nSPS) is 11.6. The van der Waals surface area contributed by atoms with E-state index in [1.807, 2.05) is 56.4 Å². The van der Waals surface area contributed by atoms with Crippen LogP contribution in [-0.2, 0) is 5.21 Å². The quantitative estimate of drug-likeness (QED) is 0.644. The van der Waals surface area contributed by atoms with Gasteiger partial charge in [0.15, 0.2) is 0 Å². The van der Waals surface area contributed by atoms with Gasteiger partial charge in [-0.1, -0.05) is 91.2 Å². The second kappa shape index (κ2) is 6.68. The van der Waals surface area contributed by atoms with E-state index in [4.69, 9.17) is 15.7 Å². The summed E-state index contributed by atoms with van der Waals surface area (Å²) in [5.74, 6) is 0.145. The second-order valence-electron chi connectivity index (χ2n) is 6.47. The number of pyridine rings is 1. The van der Waals surface area contributed by atoms with Crippen LogP contribution in [0.1, 0.15) is 19.4 Å². The highest BCUT2D eigenvalue weighted by Gasteiger charge is 2.23. The summed E-state index contributed by atoms with van der Waals surface area (Å²) in [6.07, 6.45) is 1.89. The number of nitrogens with zero attached hydrogens (tertiary/aromatic N) is 1. The van der Waals surface area contributed by atoms with Crippen LogP contribution in [0.4, 0.5) is 0 Å². The van der Waals surface area contributed by atoms with E-state index in [1.54, 1.807) is 0 Å². The Balaban J connectivity index is 1.93. The van der Waals surface area contributed by atoms with Crippen LogP contribution in [0.15, 0.2) is 72.9 Å². The maximum atomic E-state index is 6.29. The number of hydrogen-bond donors (Lipinski definition) is 0. The van der Waals surface area contributed by atoms with Crippen molar-refractivity contribution < 1.29 is 0 Å². The van der Waals surface area contributed by atoms with Crippen molar-refractivity contribution in [1.29, 1.82) is 0 Å². The summed E-state index contributed by atoms with van der Waals surface area (Å²) in [6, 6.07) is 22.4. The fraction of sp³-hybridized carbons (Fsp3) is 0.190. The van der Waals surface area contributed by atoms with Gasteiger partial charge in [-0.25, -0.2) is 0 Å². The lowest BCUT2D eigenvalue weighted by Crippen LogP contribution is -2.33. The zero-order valence-corrected chi connectivity index (χ0v) is 14.1. The summed E-state index contributed by atoms with van der Waals surface area (Å²) in [6.45, 7) is 4.06. The smallest absolute Gasteiger partial charge is 0.0702 e. The Hall–Kier alpha value is -2.28. The zero-order valence-electron chi connectivity index (χ0n) is 14.1. The molecule has 0 atom stereocenters. The van der Waals surface area contributed by atoms with Crippen molar-refractivity contribution in [2.75, 3.05) is 0 Å². The summed E-state index contributed by atoms with van der Waals surface area (Å²) in [5.41, 5.74) is 5.13. The molecule has 3 rings (SSSR count). The topological polar surface area (TPSA) is 12.9 Å². The molecule has 1 heterocycles. The molecule has 0 aliphatic heterocycles. The molecule has 0 saturated carbocycles. The van der Waals surface area contributed by atoms with Crippen molar-refractivity contribution in [3.8, 4) is 22.4 Å². The van der Waals surface area contributed by atoms with E-state index in [0.717, 1.165) is 27.9 Å². The highest BCUT2D eigenvalue weighted by Crippen LogP contribution is 2.29. The van der Waals surface area contributed by atoms with Crippen LogP contribution >= 0.6 is 0 Å². The summed E-state index contributed by atoms with van der Waals surface area (Å²) >= 11 is 0. The van der Waals surface area contributed by atoms with Gasteiger partial charge in [0.25, 0.3) is 0 Å². The van der Waals surface area contributed by atoms with Gasteiger partial charge in [-0.3, -0.25) is 4.98 Å². The van der Waals surface area contributed by atoms with E-state index >= 15 is 0 Å². The molecule has 0 fully saturated rings. The number of hydrogen-bond acceptors (Lipinski definition) is 1. The molecule has 24 heavy (non-hydrogen) atoms. The minimum atomic E-state index is -0.840. The van der Waals surface area contributed by atoms with E-state index in [-0.39, 0.29) is 5.92 Å². The van der Waals surface area contributed by atoms with E-state index in [2.05, 4.69) is 35.3 Å². The van der Waals surface area contributed by atoms with Gasteiger partial charge in [0, 0.05) is 17.3 Å². The minimum absolute atomic E-state index is 0.145. The van der Waals surface area contributed by atoms with Crippen LogP contribution in [0.5, 0.6) is 0 Å². The lowest BCUT2D eigenvalue weighted by Gasteiger charge is -2.31. The Bertz CT molecular complexity index is 809. The molecule has 114 valence electrons. The molecule has 0 spiro atoms. The maximum Gasteiger partial charge on any atom is 0.0702 e. The van der Waals surface area contributed by atoms with Gasteiger partial charge in [-0.2, -0.15) is 0 Å². The summed E-state index contributed by atoms with van der Waals surface area (Å²) in [7, 11) is 12.6. The first-order chi connectivity index (χ1) is 11.5. The molecule has 2 aromatic carbocycles.